The molecule has 4 aromatic heterocycles. The maximum absolute atomic E-state index is 9.41. The first kappa shape index (κ1) is 37.1. The van der Waals surface area contributed by atoms with Crippen LogP contribution in [0.1, 0.15) is 56.4 Å². The van der Waals surface area contributed by atoms with E-state index in [1.54, 1.807) is 12.3 Å². The summed E-state index contributed by atoms with van der Waals surface area (Å²) in [4.78, 5) is 13.8. The van der Waals surface area contributed by atoms with Crippen molar-refractivity contribution in [3.05, 3.63) is 169 Å². The monoisotopic (exact) mass is 892 g/mol. The molecular weight excluding hydrogens is 855 g/mol. The van der Waals surface area contributed by atoms with Gasteiger partial charge in [0.05, 0.1) is 22.4 Å². The maximum atomic E-state index is 9.41. The number of nitriles is 1. The molecule has 0 N–H and O–H groups in total. The molecule has 271 valence electrons. The van der Waals surface area contributed by atoms with E-state index in [2.05, 4.69) is 121 Å². The predicted molar refractivity (Wildman–Crippen MR) is 217 cm³/mol. The van der Waals surface area contributed by atoms with Gasteiger partial charge in [-0.15, -0.1) is 54.1 Å². The number of fused-ring (bicyclic) bond motifs is 4. The summed E-state index contributed by atoms with van der Waals surface area (Å²) in [7, 11) is 0. The van der Waals surface area contributed by atoms with E-state index in [-0.39, 0.29) is 31.9 Å². The predicted octanol–water partition coefficient (Wildman–Crippen LogP) is 12.1. The van der Waals surface area contributed by atoms with Crippen LogP contribution in [0.2, 0.25) is 0 Å². The summed E-state index contributed by atoms with van der Waals surface area (Å²) in [5.41, 5.74) is 12.2. The molecule has 0 aliphatic heterocycles. The van der Waals surface area contributed by atoms with Gasteiger partial charge in [0.1, 0.15) is 11.8 Å². The van der Waals surface area contributed by atoms with Crippen LogP contribution in [-0.4, -0.2) is 19.5 Å². The molecular formula is C48H37IrN5O-2. The summed E-state index contributed by atoms with van der Waals surface area (Å²) in [6.45, 7) is 9.00. The zero-order valence-corrected chi connectivity index (χ0v) is 33.3. The van der Waals surface area contributed by atoms with Gasteiger partial charge in [-0.05, 0) is 82.2 Å². The Morgan fingerprint density at radius 1 is 0.691 bits per heavy atom. The van der Waals surface area contributed by atoms with Crippen LogP contribution in [0, 0.1) is 23.5 Å². The molecule has 0 aliphatic rings. The Morgan fingerprint density at radius 2 is 1.42 bits per heavy atom. The summed E-state index contributed by atoms with van der Waals surface area (Å²) >= 11 is 0. The van der Waals surface area contributed by atoms with Crippen LogP contribution in [0.3, 0.4) is 0 Å². The number of pyridine rings is 2. The molecule has 9 rings (SSSR count). The first-order chi connectivity index (χ1) is 26.4. The summed E-state index contributed by atoms with van der Waals surface area (Å²) in [6, 6.07) is 53.4. The number of para-hydroxylation sites is 2. The van der Waals surface area contributed by atoms with Gasteiger partial charge in [0, 0.05) is 37.4 Å². The van der Waals surface area contributed by atoms with Gasteiger partial charge in [0.15, 0.2) is 0 Å². The average molecular weight is 892 g/mol. The smallest absolute Gasteiger partial charge is 0.217 e. The van der Waals surface area contributed by atoms with E-state index in [9.17, 15) is 5.26 Å². The van der Waals surface area contributed by atoms with Crippen LogP contribution in [0.15, 0.2) is 144 Å². The third-order valence-corrected chi connectivity index (χ3v) is 9.59. The molecule has 0 amide bonds. The molecule has 1 radical (unpaired) electrons. The fourth-order valence-corrected chi connectivity index (χ4v) is 6.96. The molecule has 4 heterocycles. The van der Waals surface area contributed by atoms with E-state index in [4.69, 9.17) is 9.40 Å². The number of hydrogen-bond acceptors (Lipinski definition) is 5. The van der Waals surface area contributed by atoms with Gasteiger partial charge in [-0.3, -0.25) is 4.98 Å². The van der Waals surface area contributed by atoms with E-state index in [0.717, 1.165) is 50.1 Å². The third kappa shape index (κ3) is 7.23. The number of benzene rings is 5. The molecule has 55 heavy (non-hydrogen) atoms. The second-order valence-electron chi connectivity index (χ2n) is 13.8. The summed E-state index contributed by atoms with van der Waals surface area (Å²) in [5, 5.41) is 11.2. The van der Waals surface area contributed by atoms with Gasteiger partial charge >= 0.3 is 0 Å². The van der Waals surface area contributed by atoms with Crippen molar-refractivity contribution in [2.24, 2.45) is 0 Å². The number of furan rings is 1. The molecule has 0 unspecified atom stereocenters. The number of nitrogens with zero attached hydrogens (tertiary/aromatic N) is 5. The number of aromatic nitrogens is 4. The first-order valence-electron chi connectivity index (χ1n) is 18.1. The van der Waals surface area contributed by atoms with Crippen molar-refractivity contribution in [1.82, 2.24) is 19.5 Å². The van der Waals surface area contributed by atoms with Gasteiger partial charge in [-0.25, -0.2) is 4.98 Å². The average Bonchev–Trinajstić information content (AvgIpc) is 3.80. The molecule has 6 nitrogen and oxygen atoms in total. The standard InChI is InChI=1S/C37H29N4O.C11H8N.Ir/c1-22(2)30-19-25(24-11-6-5-7-12-24)20-31(23(3)4)34(30)41-33-16-9-8-15-32(33)40-36(41)29-14-10-13-27-28-18-17-26(21-38)39-37(28)42-35(27)29;1-2-6-10(7-3-1)11-8-4-5-9-12-11;/h5-13,15-20,22-23H,1-4H3;1-6,8-9H;/q2*-1;. The Labute approximate surface area is 334 Å². The summed E-state index contributed by atoms with van der Waals surface area (Å²) in [6.07, 6.45) is 1.79. The maximum Gasteiger partial charge on any atom is 0.217 e. The Bertz CT molecular complexity index is 2720. The minimum absolute atomic E-state index is 0. The summed E-state index contributed by atoms with van der Waals surface area (Å²) in [5.74, 6) is 1.28. The SMILES string of the molecule is CC(C)c1cc(-c2ccccc2)cc(C(C)C)c1-n1c(-c2[c-]ccc3c2oc2nc(C#N)ccc23)nc2ccccc21.[Ir].[c-]1ccccc1-c1ccccn1. The van der Waals surface area contributed by atoms with Crippen molar-refractivity contribution < 1.29 is 24.5 Å². The molecule has 0 saturated carbocycles. The molecule has 0 atom stereocenters. The molecule has 5 aromatic carbocycles. The topological polar surface area (TPSA) is 80.5 Å². The van der Waals surface area contributed by atoms with Gasteiger partial charge < -0.3 is 14.0 Å². The molecule has 0 bridgehead atoms. The Hall–Kier alpha value is -6.19. The molecule has 0 spiro atoms. The molecule has 7 heteroatoms. The fourth-order valence-electron chi connectivity index (χ4n) is 6.96. The van der Waals surface area contributed by atoms with Crippen LogP contribution >= 0.6 is 0 Å². The minimum Gasteiger partial charge on any atom is -0.486 e. The fraction of sp³-hybridized carbons (Fsp3) is 0.125. The van der Waals surface area contributed by atoms with Crippen molar-refractivity contribution in [2.45, 2.75) is 39.5 Å². The van der Waals surface area contributed by atoms with Gasteiger partial charge in [-0.2, -0.15) is 5.26 Å². The number of rotatable bonds is 6. The second-order valence-corrected chi connectivity index (χ2v) is 13.8. The molecule has 0 saturated heterocycles. The first-order valence-corrected chi connectivity index (χ1v) is 18.1. The third-order valence-electron chi connectivity index (χ3n) is 9.59. The van der Waals surface area contributed by atoms with Gasteiger partial charge in [0.2, 0.25) is 5.71 Å². The van der Waals surface area contributed by atoms with Gasteiger partial charge in [0.25, 0.3) is 0 Å². The van der Waals surface area contributed by atoms with Crippen LogP contribution in [0.4, 0.5) is 0 Å². The molecule has 9 aromatic rings. The van der Waals surface area contributed by atoms with E-state index in [0.29, 0.717) is 17.0 Å². The van der Waals surface area contributed by atoms with Crippen LogP contribution < -0.4 is 0 Å². The zero-order chi connectivity index (χ0) is 37.2. The number of imidazole rings is 1. The second kappa shape index (κ2) is 16.0. The normalized spacial score (nSPS) is 11.1. The van der Waals surface area contributed by atoms with E-state index in [1.807, 2.05) is 66.7 Å². The summed E-state index contributed by atoms with van der Waals surface area (Å²) < 4.78 is 8.65. The van der Waals surface area contributed by atoms with Crippen LogP contribution in [-0.2, 0) is 20.1 Å². The van der Waals surface area contributed by atoms with Crippen LogP contribution in [0.5, 0.6) is 0 Å². The quantitative estimate of drug-likeness (QED) is 0.155. The van der Waals surface area contributed by atoms with E-state index >= 15 is 0 Å². The van der Waals surface area contributed by atoms with Crippen molar-refractivity contribution in [3.8, 4) is 45.5 Å². The molecule has 0 aliphatic carbocycles. The van der Waals surface area contributed by atoms with Crippen molar-refractivity contribution in [2.75, 3.05) is 0 Å². The van der Waals surface area contributed by atoms with Gasteiger partial charge in [-0.1, -0.05) is 93.2 Å². The Kier molecular flexibility index (Phi) is 10.8. The van der Waals surface area contributed by atoms with E-state index < -0.39 is 0 Å². The van der Waals surface area contributed by atoms with Crippen LogP contribution in [0.25, 0.3) is 72.6 Å². The minimum atomic E-state index is 0. The number of hydrogen-bond donors (Lipinski definition) is 0. The Morgan fingerprint density at radius 3 is 2.11 bits per heavy atom. The largest absolute Gasteiger partial charge is 0.486 e. The van der Waals surface area contributed by atoms with Crippen molar-refractivity contribution in [3.63, 3.8) is 0 Å². The molecule has 0 fully saturated rings. The van der Waals surface area contributed by atoms with Crippen molar-refractivity contribution >= 4 is 33.1 Å². The Balaban J connectivity index is 0.000000305. The van der Waals surface area contributed by atoms with E-state index in [1.165, 1.54) is 22.3 Å². The zero-order valence-electron chi connectivity index (χ0n) is 30.9. The van der Waals surface area contributed by atoms with Crippen molar-refractivity contribution in [1.29, 1.82) is 5.26 Å².